The monoisotopic (exact) mass is 302 g/mol. The van der Waals surface area contributed by atoms with Crippen molar-refractivity contribution in [2.24, 2.45) is 0 Å². The fraction of sp³-hybridized carbons (Fsp3) is 0.143. The molecular weight excluding hydrogens is 291 g/mol. The molecule has 0 saturated carbocycles. The Morgan fingerprint density at radius 3 is 2.19 bits per heavy atom. The molecule has 2 nitrogen and oxygen atoms in total. The number of anilines is 2. The van der Waals surface area contributed by atoms with Gasteiger partial charge in [0.2, 0.25) is 0 Å². The van der Waals surface area contributed by atoms with Crippen molar-refractivity contribution < 1.29 is 22.0 Å². The van der Waals surface area contributed by atoms with E-state index in [1.165, 1.54) is 12.1 Å². The van der Waals surface area contributed by atoms with Crippen LogP contribution in [0.3, 0.4) is 0 Å². The highest BCUT2D eigenvalue weighted by molar-refractivity contribution is 5.54. The first kappa shape index (κ1) is 15.1. The van der Waals surface area contributed by atoms with E-state index in [2.05, 4.69) is 5.32 Å². The predicted molar refractivity (Wildman–Crippen MR) is 69.5 cm³/mol. The Kier molecular flexibility index (Phi) is 4.02. The molecule has 3 N–H and O–H groups in total. The summed E-state index contributed by atoms with van der Waals surface area (Å²) in [5.41, 5.74) is 4.20. The van der Waals surface area contributed by atoms with Gasteiger partial charge in [0.1, 0.15) is 5.69 Å². The van der Waals surface area contributed by atoms with Crippen LogP contribution in [0.1, 0.15) is 11.1 Å². The summed E-state index contributed by atoms with van der Waals surface area (Å²) >= 11 is 0. The molecule has 0 aliphatic carbocycles. The summed E-state index contributed by atoms with van der Waals surface area (Å²) in [5.74, 6) is -1.81. The molecule has 2 aromatic carbocycles. The van der Waals surface area contributed by atoms with Crippen LogP contribution in [0.4, 0.5) is 33.3 Å². The quantitative estimate of drug-likeness (QED) is 0.659. The zero-order valence-corrected chi connectivity index (χ0v) is 10.6. The lowest BCUT2D eigenvalue weighted by atomic mass is 10.1. The van der Waals surface area contributed by atoms with E-state index in [0.29, 0.717) is 0 Å². The van der Waals surface area contributed by atoms with Crippen molar-refractivity contribution >= 4 is 11.4 Å². The van der Waals surface area contributed by atoms with Crippen LogP contribution in [-0.4, -0.2) is 0 Å². The molecule has 0 radical (unpaired) electrons. The van der Waals surface area contributed by atoms with E-state index in [-0.39, 0.29) is 17.8 Å². The molecule has 2 aromatic rings. The van der Waals surface area contributed by atoms with Crippen LogP contribution in [0.25, 0.3) is 0 Å². The average Bonchev–Trinajstić information content (AvgIpc) is 2.36. The number of alkyl halides is 3. The summed E-state index contributed by atoms with van der Waals surface area (Å²) in [6, 6.07) is 6.36. The molecule has 0 amide bonds. The fourth-order valence-electron chi connectivity index (χ4n) is 1.81. The predicted octanol–water partition coefficient (Wildman–Crippen LogP) is 4.18. The Morgan fingerprint density at radius 2 is 1.62 bits per heavy atom. The van der Waals surface area contributed by atoms with Crippen LogP contribution in [0, 0.1) is 11.6 Å². The SMILES string of the molecule is Nc1cc(F)c(NCc2cccc(C(F)(F)F)c2)c(F)c1. The smallest absolute Gasteiger partial charge is 0.399 e. The Morgan fingerprint density at radius 1 is 1.00 bits per heavy atom. The Bertz CT molecular complexity index is 629. The lowest BCUT2D eigenvalue weighted by Crippen LogP contribution is -2.08. The molecule has 0 saturated heterocycles. The summed E-state index contributed by atoms with van der Waals surface area (Å²) in [6.07, 6.45) is -4.46. The van der Waals surface area contributed by atoms with Gasteiger partial charge in [0.05, 0.1) is 5.56 Å². The van der Waals surface area contributed by atoms with Crippen molar-refractivity contribution in [2.75, 3.05) is 11.1 Å². The first-order valence-corrected chi connectivity index (χ1v) is 5.92. The molecule has 0 fully saturated rings. The summed E-state index contributed by atoms with van der Waals surface area (Å²) in [6.45, 7) is -0.151. The molecular formula is C14H11F5N2. The lowest BCUT2D eigenvalue weighted by Gasteiger charge is -2.11. The molecule has 0 bridgehead atoms. The molecule has 0 spiro atoms. The first-order valence-electron chi connectivity index (χ1n) is 5.92. The van der Waals surface area contributed by atoms with E-state index in [4.69, 9.17) is 5.73 Å². The molecule has 112 valence electrons. The van der Waals surface area contributed by atoms with Crippen LogP contribution in [0.5, 0.6) is 0 Å². The van der Waals surface area contributed by atoms with E-state index in [0.717, 1.165) is 24.3 Å². The highest BCUT2D eigenvalue weighted by atomic mass is 19.4. The highest BCUT2D eigenvalue weighted by Crippen LogP contribution is 2.30. The third-order valence-electron chi connectivity index (χ3n) is 2.79. The summed E-state index contributed by atoms with van der Waals surface area (Å²) in [5, 5.41) is 2.43. The fourth-order valence-corrected chi connectivity index (χ4v) is 1.81. The van der Waals surface area contributed by atoms with Crippen LogP contribution in [-0.2, 0) is 12.7 Å². The molecule has 0 aromatic heterocycles. The van der Waals surface area contributed by atoms with Gasteiger partial charge in [0, 0.05) is 12.2 Å². The molecule has 7 heteroatoms. The van der Waals surface area contributed by atoms with Crippen LogP contribution < -0.4 is 11.1 Å². The Balaban J connectivity index is 2.18. The minimum Gasteiger partial charge on any atom is -0.399 e. The number of rotatable bonds is 3. The summed E-state index contributed by atoms with van der Waals surface area (Å²) in [4.78, 5) is 0. The van der Waals surface area contributed by atoms with Crippen molar-refractivity contribution in [3.05, 3.63) is 59.2 Å². The van der Waals surface area contributed by atoms with Gasteiger partial charge in [0.25, 0.3) is 0 Å². The maximum Gasteiger partial charge on any atom is 0.416 e. The van der Waals surface area contributed by atoms with E-state index in [1.54, 1.807) is 0 Å². The topological polar surface area (TPSA) is 38.0 Å². The van der Waals surface area contributed by atoms with Crippen molar-refractivity contribution in [3.63, 3.8) is 0 Å². The van der Waals surface area contributed by atoms with Crippen molar-refractivity contribution in [1.82, 2.24) is 0 Å². The molecule has 0 atom stereocenters. The number of halogens is 5. The van der Waals surface area contributed by atoms with Gasteiger partial charge in [0.15, 0.2) is 11.6 Å². The minimum absolute atomic E-state index is 0.0744. The summed E-state index contributed by atoms with van der Waals surface area (Å²) < 4.78 is 64.7. The third kappa shape index (κ3) is 3.62. The zero-order valence-electron chi connectivity index (χ0n) is 10.6. The largest absolute Gasteiger partial charge is 0.416 e. The maximum atomic E-state index is 13.5. The maximum absolute atomic E-state index is 13.5. The molecule has 2 rings (SSSR count). The normalized spacial score (nSPS) is 11.5. The standard InChI is InChI=1S/C14H11F5N2/c15-11-5-10(20)6-12(16)13(11)21-7-8-2-1-3-9(4-8)14(17,18)19/h1-6,21H,7,20H2. The number of nitrogen functional groups attached to an aromatic ring is 1. The number of nitrogens with two attached hydrogens (primary N) is 1. The number of nitrogens with one attached hydrogen (secondary N) is 1. The highest BCUT2D eigenvalue weighted by Gasteiger charge is 2.30. The second-order valence-electron chi connectivity index (χ2n) is 4.41. The number of hydrogen-bond acceptors (Lipinski definition) is 2. The van der Waals surface area contributed by atoms with Crippen molar-refractivity contribution in [1.29, 1.82) is 0 Å². The van der Waals surface area contributed by atoms with Gasteiger partial charge in [-0.15, -0.1) is 0 Å². The van der Waals surface area contributed by atoms with Gasteiger partial charge in [-0.25, -0.2) is 8.78 Å². The van der Waals surface area contributed by atoms with Gasteiger partial charge < -0.3 is 11.1 Å². The van der Waals surface area contributed by atoms with Gasteiger partial charge in [-0.1, -0.05) is 12.1 Å². The van der Waals surface area contributed by atoms with Crippen LogP contribution in [0.2, 0.25) is 0 Å². The van der Waals surface area contributed by atoms with E-state index in [9.17, 15) is 22.0 Å². The van der Waals surface area contributed by atoms with Gasteiger partial charge in [-0.2, -0.15) is 13.2 Å². The van der Waals surface area contributed by atoms with Crippen molar-refractivity contribution in [2.45, 2.75) is 12.7 Å². The minimum atomic E-state index is -4.46. The number of hydrogen-bond donors (Lipinski definition) is 2. The van der Waals surface area contributed by atoms with E-state index >= 15 is 0 Å². The van der Waals surface area contributed by atoms with Gasteiger partial charge in [-0.05, 0) is 29.8 Å². The Hall–Kier alpha value is -2.31. The summed E-state index contributed by atoms with van der Waals surface area (Å²) in [7, 11) is 0. The Labute approximate surface area is 117 Å². The molecule has 0 aliphatic heterocycles. The first-order chi connectivity index (χ1) is 9.77. The molecule has 21 heavy (non-hydrogen) atoms. The molecule has 0 aliphatic rings. The second kappa shape index (κ2) is 5.59. The van der Waals surface area contributed by atoms with Gasteiger partial charge in [-0.3, -0.25) is 0 Å². The number of benzene rings is 2. The van der Waals surface area contributed by atoms with E-state index < -0.39 is 29.1 Å². The van der Waals surface area contributed by atoms with Gasteiger partial charge >= 0.3 is 6.18 Å². The lowest BCUT2D eigenvalue weighted by molar-refractivity contribution is -0.137. The zero-order chi connectivity index (χ0) is 15.6. The van der Waals surface area contributed by atoms with Crippen LogP contribution in [0.15, 0.2) is 36.4 Å². The van der Waals surface area contributed by atoms with Crippen LogP contribution >= 0.6 is 0 Å². The molecule has 0 heterocycles. The second-order valence-corrected chi connectivity index (χ2v) is 4.41. The molecule has 0 unspecified atom stereocenters. The third-order valence-corrected chi connectivity index (χ3v) is 2.79. The van der Waals surface area contributed by atoms with Crippen molar-refractivity contribution in [3.8, 4) is 0 Å². The van der Waals surface area contributed by atoms with E-state index in [1.807, 2.05) is 0 Å². The average molecular weight is 302 g/mol.